The average molecular weight is 372 g/mol. The van der Waals surface area contributed by atoms with Crippen molar-refractivity contribution in [3.05, 3.63) is 31.9 Å². The summed E-state index contributed by atoms with van der Waals surface area (Å²) in [5.74, 6) is 0.835. The van der Waals surface area contributed by atoms with Crippen LogP contribution in [0.1, 0.15) is 32.1 Å². The monoisotopic (exact) mass is 372 g/mol. The van der Waals surface area contributed by atoms with Crippen molar-refractivity contribution in [1.29, 1.82) is 0 Å². The summed E-state index contributed by atoms with van der Waals surface area (Å²) in [5, 5.41) is 10.9. The van der Waals surface area contributed by atoms with Crippen molar-refractivity contribution in [3.63, 3.8) is 0 Å². The second-order valence-corrected chi connectivity index (χ2v) is 6.65. The zero-order chi connectivity index (χ0) is 13.4. The molecule has 1 aromatic carbocycles. The predicted molar refractivity (Wildman–Crippen MR) is 83.5 cm³/mol. The topological polar surface area (TPSA) is 46.4 Å². The molecule has 1 aliphatic carbocycles. The van der Waals surface area contributed by atoms with E-state index in [0.29, 0.717) is 6.04 Å². The van der Waals surface area contributed by atoms with Gasteiger partial charge in [-0.15, -0.1) is 0 Å². The molecule has 0 bridgehead atoms. The highest BCUT2D eigenvalue weighted by molar-refractivity contribution is 14.1. The third-order valence-corrected chi connectivity index (χ3v) is 5.32. The third kappa shape index (κ3) is 2.44. The molecule has 1 heterocycles. The number of nitro groups is 1. The Morgan fingerprint density at radius 3 is 2.79 bits per heavy atom. The fraction of sp³-hybridized carbons (Fsp3) is 0.571. The van der Waals surface area contributed by atoms with Gasteiger partial charge in [-0.1, -0.05) is 6.42 Å². The molecule has 0 N–H and O–H groups in total. The molecule has 2 atom stereocenters. The number of rotatable bonds is 2. The first-order valence-electron chi connectivity index (χ1n) is 6.87. The van der Waals surface area contributed by atoms with Crippen LogP contribution >= 0.6 is 22.6 Å². The van der Waals surface area contributed by atoms with Gasteiger partial charge < -0.3 is 4.90 Å². The lowest BCUT2D eigenvalue weighted by atomic mass is 9.91. The lowest BCUT2D eigenvalue weighted by Crippen LogP contribution is -2.42. The molecule has 1 saturated heterocycles. The molecule has 5 heteroatoms. The molecular weight excluding hydrogens is 355 g/mol. The molecule has 2 unspecified atom stereocenters. The van der Waals surface area contributed by atoms with Gasteiger partial charge in [0.2, 0.25) is 0 Å². The Labute approximate surface area is 126 Å². The number of nitro benzene ring substituents is 1. The molecule has 0 amide bonds. The van der Waals surface area contributed by atoms with E-state index in [0.717, 1.165) is 21.7 Å². The Morgan fingerprint density at radius 1 is 1.26 bits per heavy atom. The van der Waals surface area contributed by atoms with Crippen molar-refractivity contribution < 1.29 is 4.92 Å². The van der Waals surface area contributed by atoms with Crippen LogP contribution in [0, 0.1) is 19.6 Å². The number of anilines is 1. The maximum Gasteiger partial charge on any atom is 0.282 e. The van der Waals surface area contributed by atoms with E-state index < -0.39 is 0 Å². The molecule has 3 rings (SSSR count). The van der Waals surface area contributed by atoms with Gasteiger partial charge in [-0.05, 0) is 66.3 Å². The molecule has 0 radical (unpaired) electrons. The second-order valence-electron chi connectivity index (χ2n) is 5.49. The summed E-state index contributed by atoms with van der Waals surface area (Å²) in [6.07, 6.45) is 6.55. The Bertz CT molecular complexity index is 506. The minimum atomic E-state index is -0.305. The van der Waals surface area contributed by atoms with Crippen LogP contribution in [0.4, 0.5) is 11.4 Å². The van der Waals surface area contributed by atoms with Gasteiger partial charge in [0, 0.05) is 24.3 Å². The number of piperidine rings is 1. The summed E-state index contributed by atoms with van der Waals surface area (Å²) < 4.78 is 0.736. The van der Waals surface area contributed by atoms with Crippen molar-refractivity contribution in [2.75, 3.05) is 11.4 Å². The molecule has 2 aliphatic rings. The Morgan fingerprint density at radius 2 is 2.05 bits per heavy atom. The Hall–Kier alpha value is -0.850. The summed E-state index contributed by atoms with van der Waals surface area (Å²) in [6.45, 7) is 1.09. The molecule has 4 nitrogen and oxygen atoms in total. The number of hydrogen-bond acceptors (Lipinski definition) is 3. The lowest BCUT2D eigenvalue weighted by Gasteiger charge is -2.39. The quantitative estimate of drug-likeness (QED) is 0.448. The molecule has 1 saturated carbocycles. The largest absolute Gasteiger partial charge is 0.368 e. The smallest absolute Gasteiger partial charge is 0.282 e. The summed E-state index contributed by atoms with van der Waals surface area (Å²) in [4.78, 5) is 13.1. The molecular formula is C14H17IN2O2. The van der Waals surface area contributed by atoms with E-state index in [1.165, 1.54) is 32.1 Å². The molecule has 19 heavy (non-hydrogen) atoms. The highest BCUT2D eigenvalue weighted by Crippen LogP contribution is 2.40. The van der Waals surface area contributed by atoms with Crippen molar-refractivity contribution in [1.82, 2.24) is 0 Å². The minimum Gasteiger partial charge on any atom is -0.368 e. The number of fused-ring (bicyclic) bond motifs is 1. The van der Waals surface area contributed by atoms with Crippen molar-refractivity contribution in [3.8, 4) is 0 Å². The molecule has 102 valence electrons. The minimum absolute atomic E-state index is 0.212. The van der Waals surface area contributed by atoms with E-state index in [1.807, 2.05) is 12.1 Å². The van der Waals surface area contributed by atoms with Gasteiger partial charge in [0.25, 0.3) is 5.69 Å². The zero-order valence-corrected chi connectivity index (χ0v) is 12.9. The fourth-order valence-electron chi connectivity index (χ4n) is 3.60. The van der Waals surface area contributed by atoms with Gasteiger partial charge in [0.15, 0.2) is 0 Å². The van der Waals surface area contributed by atoms with Crippen LogP contribution < -0.4 is 4.90 Å². The first-order valence-corrected chi connectivity index (χ1v) is 7.95. The summed E-state index contributed by atoms with van der Waals surface area (Å²) in [5.41, 5.74) is 1.37. The number of nitrogens with zero attached hydrogens (tertiary/aromatic N) is 2. The summed E-state index contributed by atoms with van der Waals surface area (Å²) >= 11 is 2.07. The van der Waals surface area contributed by atoms with E-state index >= 15 is 0 Å². The van der Waals surface area contributed by atoms with Gasteiger partial charge in [0.05, 0.1) is 8.49 Å². The van der Waals surface area contributed by atoms with E-state index in [-0.39, 0.29) is 10.6 Å². The van der Waals surface area contributed by atoms with Crippen LogP contribution in [-0.2, 0) is 0 Å². The van der Waals surface area contributed by atoms with Crippen molar-refractivity contribution in [2.45, 2.75) is 38.1 Å². The molecule has 1 aliphatic heterocycles. The first kappa shape index (κ1) is 13.1. The third-order valence-electron chi connectivity index (χ3n) is 4.45. The number of hydrogen-bond donors (Lipinski definition) is 0. The van der Waals surface area contributed by atoms with Gasteiger partial charge >= 0.3 is 0 Å². The maximum atomic E-state index is 10.9. The van der Waals surface area contributed by atoms with Crippen molar-refractivity contribution >= 4 is 34.0 Å². The zero-order valence-electron chi connectivity index (χ0n) is 10.7. The van der Waals surface area contributed by atoms with E-state index in [2.05, 4.69) is 27.5 Å². The normalized spacial score (nSPS) is 26.3. The van der Waals surface area contributed by atoms with Crippen molar-refractivity contribution in [2.24, 2.45) is 5.92 Å². The van der Waals surface area contributed by atoms with Gasteiger partial charge in [-0.25, -0.2) is 0 Å². The first-order chi connectivity index (χ1) is 9.16. The van der Waals surface area contributed by atoms with Crippen LogP contribution in [0.25, 0.3) is 0 Å². The highest BCUT2D eigenvalue weighted by atomic mass is 127. The van der Waals surface area contributed by atoms with Gasteiger partial charge in [0.1, 0.15) is 0 Å². The summed E-state index contributed by atoms with van der Waals surface area (Å²) in [6, 6.07) is 6.20. The Balaban J connectivity index is 1.89. The average Bonchev–Trinajstić information content (AvgIpc) is 2.86. The van der Waals surface area contributed by atoms with E-state index in [9.17, 15) is 10.1 Å². The second kappa shape index (κ2) is 5.26. The molecule has 1 aromatic rings. The van der Waals surface area contributed by atoms with Crippen LogP contribution in [0.3, 0.4) is 0 Å². The SMILES string of the molecule is O=[N+]([O-])c1ccc(N2CCCC3CCCC32)cc1I. The van der Waals surface area contributed by atoms with Gasteiger partial charge in [-0.3, -0.25) is 10.1 Å². The van der Waals surface area contributed by atoms with E-state index in [4.69, 9.17) is 0 Å². The number of halogens is 1. The predicted octanol–water partition coefficient (Wildman–Crippen LogP) is 3.97. The molecule has 0 aromatic heterocycles. The van der Waals surface area contributed by atoms with Crippen LogP contribution in [-0.4, -0.2) is 17.5 Å². The highest BCUT2D eigenvalue weighted by Gasteiger charge is 2.35. The van der Waals surface area contributed by atoms with Crippen LogP contribution in [0.2, 0.25) is 0 Å². The van der Waals surface area contributed by atoms with Crippen LogP contribution in [0.15, 0.2) is 18.2 Å². The fourth-order valence-corrected chi connectivity index (χ4v) is 4.29. The number of benzene rings is 1. The Kier molecular flexibility index (Phi) is 3.64. The molecule has 2 fully saturated rings. The van der Waals surface area contributed by atoms with Crippen LogP contribution in [0.5, 0.6) is 0 Å². The van der Waals surface area contributed by atoms with E-state index in [1.54, 1.807) is 6.07 Å². The maximum absolute atomic E-state index is 10.9. The standard InChI is InChI=1S/C14H17IN2O2/c15-12-9-11(6-7-14(12)17(18)19)16-8-2-4-10-3-1-5-13(10)16/h6-7,9-10,13H,1-5,8H2. The lowest BCUT2D eigenvalue weighted by molar-refractivity contribution is -0.385. The molecule has 0 spiro atoms. The van der Waals surface area contributed by atoms with Gasteiger partial charge in [-0.2, -0.15) is 0 Å². The summed E-state index contributed by atoms with van der Waals surface area (Å²) in [7, 11) is 0.